The largest absolute Gasteiger partial charge is 0.462 e. The summed E-state index contributed by atoms with van der Waals surface area (Å²) in [6.07, 6.45) is 0.0469. The topological polar surface area (TPSA) is 89.5 Å². The number of anilines is 1. The molecule has 0 radical (unpaired) electrons. The molecule has 0 saturated heterocycles. The van der Waals surface area contributed by atoms with Crippen LogP contribution in [-0.2, 0) is 25.8 Å². The second-order valence-electron chi connectivity index (χ2n) is 6.71. The van der Waals surface area contributed by atoms with Gasteiger partial charge in [-0.15, -0.1) is 11.3 Å². The first-order valence-corrected chi connectivity index (χ1v) is 12.3. The molecule has 162 valence electrons. The fourth-order valence-electron chi connectivity index (χ4n) is 2.94. The predicted octanol–water partition coefficient (Wildman–Crippen LogP) is 4.57. The van der Waals surface area contributed by atoms with Gasteiger partial charge >= 0.3 is 5.97 Å². The van der Waals surface area contributed by atoms with Gasteiger partial charge < -0.3 is 10.1 Å². The number of benzene rings is 2. The van der Waals surface area contributed by atoms with Gasteiger partial charge in [0.15, 0.2) is 9.84 Å². The van der Waals surface area contributed by atoms with Crippen molar-refractivity contribution in [1.29, 1.82) is 0 Å². The molecule has 2 aromatic carbocycles. The molecule has 8 heteroatoms. The van der Waals surface area contributed by atoms with Crippen molar-refractivity contribution in [3.63, 3.8) is 0 Å². The molecule has 1 heterocycles. The van der Waals surface area contributed by atoms with Gasteiger partial charge in [0.2, 0.25) is 5.91 Å². The van der Waals surface area contributed by atoms with Gasteiger partial charge in [-0.25, -0.2) is 13.2 Å². The summed E-state index contributed by atoms with van der Waals surface area (Å²) < 4.78 is 29.0. The molecule has 1 N–H and O–H groups in total. The Morgan fingerprint density at radius 3 is 2.29 bits per heavy atom. The van der Waals surface area contributed by atoms with Crippen LogP contribution < -0.4 is 5.32 Å². The molecular formula is C23H23NO5S2. The Balaban J connectivity index is 1.80. The third kappa shape index (κ3) is 5.59. The molecule has 0 bridgehead atoms. The number of thiophene rings is 1. The number of hydrogen-bond donors (Lipinski definition) is 1. The summed E-state index contributed by atoms with van der Waals surface area (Å²) in [5.74, 6) is -0.779. The zero-order valence-corrected chi connectivity index (χ0v) is 18.9. The van der Waals surface area contributed by atoms with Gasteiger partial charge in [0, 0.05) is 4.88 Å². The SMILES string of the molecule is CCOC(=O)c1sc(-c2ccccc2)cc1NC(=O)Cc1ccc(S(=O)(=O)CC)cc1. The van der Waals surface area contributed by atoms with Crippen molar-refractivity contribution in [2.75, 3.05) is 17.7 Å². The van der Waals surface area contributed by atoms with E-state index in [0.29, 0.717) is 16.1 Å². The zero-order chi connectivity index (χ0) is 22.4. The highest BCUT2D eigenvalue weighted by Crippen LogP contribution is 2.35. The minimum absolute atomic E-state index is 0.0192. The van der Waals surface area contributed by atoms with E-state index in [1.54, 1.807) is 32.0 Å². The Kier molecular flexibility index (Phi) is 7.25. The van der Waals surface area contributed by atoms with Crippen LogP contribution in [0, 0.1) is 0 Å². The summed E-state index contributed by atoms with van der Waals surface area (Å²) in [5, 5.41) is 2.80. The number of esters is 1. The van der Waals surface area contributed by atoms with Gasteiger partial charge in [-0.1, -0.05) is 49.4 Å². The van der Waals surface area contributed by atoms with Gasteiger partial charge in [0.05, 0.1) is 29.4 Å². The van der Waals surface area contributed by atoms with Crippen LogP contribution in [0.25, 0.3) is 10.4 Å². The minimum atomic E-state index is -3.29. The number of sulfone groups is 1. The highest BCUT2D eigenvalue weighted by molar-refractivity contribution is 7.91. The van der Waals surface area contributed by atoms with Crippen molar-refractivity contribution in [1.82, 2.24) is 0 Å². The first-order valence-electron chi connectivity index (χ1n) is 9.82. The van der Waals surface area contributed by atoms with Crippen LogP contribution in [0.1, 0.15) is 29.1 Å². The van der Waals surface area contributed by atoms with Crippen LogP contribution in [0.5, 0.6) is 0 Å². The summed E-state index contributed by atoms with van der Waals surface area (Å²) in [7, 11) is -3.29. The molecule has 1 aromatic heterocycles. The van der Waals surface area contributed by atoms with Crippen LogP contribution in [0.4, 0.5) is 5.69 Å². The average Bonchev–Trinajstić information content (AvgIpc) is 3.18. The molecular weight excluding hydrogens is 434 g/mol. The van der Waals surface area contributed by atoms with Gasteiger partial charge in [-0.3, -0.25) is 4.79 Å². The predicted molar refractivity (Wildman–Crippen MR) is 122 cm³/mol. The van der Waals surface area contributed by atoms with Crippen molar-refractivity contribution >= 4 is 38.7 Å². The third-order valence-corrected chi connectivity index (χ3v) is 7.47. The van der Waals surface area contributed by atoms with E-state index in [1.165, 1.54) is 23.5 Å². The number of ether oxygens (including phenoxy) is 1. The Bertz CT molecular complexity index is 1170. The molecule has 0 unspecified atom stereocenters. The smallest absolute Gasteiger partial charge is 0.350 e. The summed E-state index contributed by atoms with van der Waals surface area (Å²) in [6.45, 7) is 3.55. The van der Waals surface area contributed by atoms with Crippen LogP contribution >= 0.6 is 11.3 Å². The molecule has 0 atom stereocenters. The van der Waals surface area contributed by atoms with E-state index in [0.717, 1.165) is 10.4 Å². The van der Waals surface area contributed by atoms with Crippen LogP contribution in [0.15, 0.2) is 65.6 Å². The molecule has 0 aliphatic rings. The number of hydrogen-bond acceptors (Lipinski definition) is 6. The number of nitrogens with one attached hydrogen (secondary N) is 1. The normalized spacial score (nSPS) is 11.2. The monoisotopic (exact) mass is 457 g/mol. The fraction of sp³-hybridized carbons (Fsp3) is 0.217. The number of carbonyl (C=O) groups is 2. The van der Waals surface area contributed by atoms with Gasteiger partial charge in [-0.2, -0.15) is 0 Å². The van der Waals surface area contributed by atoms with E-state index < -0.39 is 15.8 Å². The number of amides is 1. The van der Waals surface area contributed by atoms with E-state index in [2.05, 4.69) is 5.32 Å². The molecule has 0 spiro atoms. The molecule has 3 rings (SSSR count). The molecule has 1 amide bonds. The maximum atomic E-state index is 12.6. The van der Waals surface area contributed by atoms with E-state index in [1.807, 2.05) is 30.3 Å². The quantitative estimate of drug-likeness (QED) is 0.501. The average molecular weight is 458 g/mol. The number of rotatable bonds is 8. The summed E-state index contributed by atoms with van der Waals surface area (Å²) in [4.78, 5) is 26.4. The van der Waals surface area contributed by atoms with Crippen molar-refractivity contribution in [3.8, 4) is 10.4 Å². The molecule has 0 aliphatic heterocycles. The lowest BCUT2D eigenvalue weighted by Crippen LogP contribution is -2.16. The Morgan fingerprint density at radius 1 is 1.00 bits per heavy atom. The van der Waals surface area contributed by atoms with Crippen LogP contribution in [0.2, 0.25) is 0 Å². The van der Waals surface area contributed by atoms with E-state index in [9.17, 15) is 18.0 Å². The first-order chi connectivity index (χ1) is 14.8. The maximum absolute atomic E-state index is 12.6. The molecule has 3 aromatic rings. The highest BCUT2D eigenvalue weighted by atomic mass is 32.2. The Morgan fingerprint density at radius 2 is 1.68 bits per heavy atom. The maximum Gasteiger partial charge on any atom is 0.350 e. The summed E-state index contributed by atoms with van der Waals surface area (Å²) >= 11 is 1.26. The van der Waals surface area contributed by atoms with E-state index >= 15 is 0 Å². The lowest BCUT2D eigenvalue weighted by Gasteiger charge is -2.07. The highest BCUT2D eigenvalue weighted by Gasteiger charge is 2.20. The zero-order valence-electron chi connectivity index (χ0n) is 17.3. The lowest BCUT2D eigenvalue weighted by molar-refractivity contribution is -0.115. The van der Waals surface area contributed by atoms with Crippen LogP contribution in [-0.4, -0.2) is 32.7 Å². The van der Waals surface area contributed by atoms with Crippen molar-refractivity contribution in [3.05, 3.63) is 71.1 Å². The van der Waals surface area contributed by atoms with E-state index in [4.69, 9.17) is 4.74 Å². The minimum Gasteiger partial charge on any atom is -0.462 e. The molecule has 0 aliphatic carbocycles. The summed E-state index contributed by atoms with van der Waals surface area (Å²) in [5.41, 5.74) is 2.01. The van der Waals surface area contributed by atoms with E-state index in [-0.39, 0.29) is 29.6 Å². The molecule has 0 fully saturated rings. The van der Waals surface area contributed by atoms with Crippen molar-refractivity contribution in [2.24, 2.45) is 0 Å². The summed E-state index contributed by atoms with van der Waals surface area (Å²) in [6, 6.07) is 17.6. The lowest BCUT2D eigenvalue weighted by atomic mass is 10.1. The van der Waals surface area contributed by atoms with Crippen molar-refractivity contribution in [2.45, 2.75) is 25.2 Å². The molecule has 6 nitrogen and oxygen atoms in total. The van der Waals surface area contributed by atoms with Gasteiger partial charge in [0.1, 0.15) is 4.88 Å². The van der Waals surface area contributed by atoms with Gasteiger partial charge in [-0.05, 0) is 36.2 Å². The Hall–Kier alpha value is -2.97. The second kappa shape index (κ2) is 9.89. The fourth-order valence-corrected chi connectivity index (χ4v) is 4.83. The standard InChI is InChI=1S/C23H23NO5S2/c1-3-29-23(26)22-19(15-20(30-22)17-8-6-5-7-9-17)24-21(25)14-16-10-12-18(13-11-16)31(27,28)4-2/h5-13,15H,3-4,14H2,1-2H3,(H,24,25). The third-order valence-electron chi connectivity index (χ3n) is 4.55. The molecule has 31 heavy (non-hydrogen) atoms. The first kappa shape index (κ1) is 22.7. The van der Waals surface area contributed by atoms with Gasteiger partial charge in [0.25, 0.3) is 0 Å². The second-order valence-corrected chi connectivity index (χ2v) is 10.0. The molecule has 0 saturated carbocycles. The Labute approximate surface area is 185 Å². The van der Waals surface area contributed by atoms with Crippen molar-refractivity contribution < 1.29 is 22.7 Å². The van der Waals surface area contributed by atoms with Crippen LogP contribution in [0.3, 0.4) is 0 Å². The number of carbonyl (C=O) groups excluding carboxylic acids is 2.